The molecule has 3 heteroatoms. The van der Waals surface area contributed by atoms with Gasteiger partial charge >= 0.3 is 0 Å². The Morgan fingerprint density at radius 1 is 1.58 bits per heavy atom. The first-order valence-electron chi connectivity index (χ1n) is 4.71. The summed E-state index contributed by atoms with van der Waals surface area (Å²) in [4.78, 5) is 2.24. The second kappa shape index (κ2) is 4.80. The number of hydrogen-bond acceptors (Lipinski definition) is 3. The minimum Gasteiger partial charge on any atom is -0.396 e. The summed E-state index contributed by atoms with van der Waals surface area (Å²) >= 11 is 0. The summed E-state index contributed by atoms with van der Waals surface area (Å²) in [6.45, 7) is 2.21. The second-order valence-electron chi connectivity index (χ2n) is 3.74. The molecule has 1 saturated heterocycles. The predicted molar refractivity (Wildman–Crippen MR) is 47.9 cm³/mol. The maximum Gasteiger partial charge on any atom is 0.0602 e. The lowest BCUT2D eigenvalue weighted by molar-refractivity contribution is 0.0414. The minimum absolute atomic E-state index is 0.0986. The van der Waals surface area contributed by atoms with E-state index in [1.54, 1.807) is 0 Å². The second-order valence-corrected chi connectivity index (χ2v) is 3.74. The standard InChI is InChI=1S/C9H19NO2/c1-10-5-2-3-8(7-10)9(12)4-6-11/h8-9,11-12H,2-7H2,1H3. The van der Waals surface area contributed by atoms with E-state index in [1.165, 1.54) is 6.42 Å². The van der Waals surface area contributed by atoms with Crippen molar-refractivity contribution in [2.75, 3.05) is 26.7 Å². The van der Waals surface area contributed by atoms with Crippen molar-refractivity contribution in [1.82, 2.24) is 4.90 Å². The van der Waals surface area contributed by atoms with Crippen LogP contribution in [0, 0.1) is 5.92 Å². The van der Waals surface area contributed by atoms with E-state index in [0.717, 1.165) is 19.5 Å². The van der Waals surface area contributed by atoms with E-state index >= 15 is 0 Å². The van der Waals surface area contributed by atoms with E-state index in [9.17, 15) is 5.11 Å². The van der Waals surface area contributed by atoms with E-state index in [4.69, 9.17) is 5.11 Å². The molecule has 1 rings (SSSR count). The lowest BCUT2D eigenvalue weighted by atomic mass is 9.91. The molecule has 2 atom stereocenters. The summed E-state index contributed by atoms with van der Waals surface area (Å²) in [6, 6.07) is 0. The molecule has 0 spiro atoms. The molecule has 1 heterocycles. The molecule has 0 saturated carbocycles. The first kappa shape index (κ1) is 9.96. The maximum atomic E-state index is 9.61. The third-order valence-corrected chi connectivity index (χ3v) is 2.63. The molecule has 0 aromatic rings. The molecule has 1 aliphatic rings. The molecule has 0 bridgehead atoms. The summed E-state index contributed by atoms with van der Waals surface area (Å²) < 4.78 is 0. The van der Waals surface area contributed by atoms with Gasteiger partial charge in [-0.2, -0.15) is 0 Å². The number of aliphatic hydroxyl groups is 2. The lowest BCUT2D eigenvalue weighted by Crippen LogP contribution is -2.38. The number of hydrogen-bond donors (Lipinski definition) is 2. The fourth-order valence-electron chi connectivity index (χ4n) is 1.89. The van der Waals surface area contributed by atoms with Gasteiger partial charge in [-0.1, -0.05) is 0 Å². The van der Waals surface area contributed by atoms with Crippen LogP contribution in [-0.4, -0.2) is 48.0 Å². The first-order chi connectivity index (χ1) is 5.74. The molecule has 1 aliphatic heterocycles. The molecule has 0 radical (unpaired) electrons. The van der Waals surface area contributed by atoms with E-state index in [-0.39, 0.29) is 12.7 Å². The van der Waals surface area contributed by atoms with Crippen molar-refractivity contribution in [2.45, 2.75) is 25.4 Å². The van der Waals surface area contributed by atoms with Crippen LogP contribution in [0.1, 0.15) is 19.3 Å². The molecule has 1 fully saturated rings. The monoisotopic (exact) mass is 173 g/mol. The van der Waals surface area contributed by atoms with E-state index in [0.29, 0.717) is 12.3 Å². The van der Waals surface area contributed by atoms with Gasteiger partial charge in [0.25, 0.3) is 0 Å². The Kier molecular flexibility index (Phi) is 3.98. The van der Waals surface area contributed by atoms with Crippen molar-refractivity contribution in [3.8, 4) is 0 Å². The molecule has 3 nitrogen and oxygen atoms in total. The highest BCUT2D eigenvalue weighted by Crippen LogP contribution is 2.19. The Morgan fingerprint density at radius 3 is 2.92 bits per heavy atom. The summed E-state index contributed by atoms with van der Waals surface area (Å²) in [6.07, 6.45) is 2.49. The van der Waals surface area contributed by atoms with Crippen molar-refractivity contribution in [3.05, 3.63) is 0 Å². The van der Waals surface area contributed by atoms with Crippen LogP contribution in [0.5, 0.6) is 0 Å². The molecule has 0 aliphatic carbocycles. The first-order valence-corrected chi connectivity index (χ1v) is 4.71. The molecule has 0 aromatic carbocycles. The topological polar surface area (TPSA) is 43.7 Å². The van der Waals surface area contributed by atoms with Gasteiger partial charge in [0.2, 0.25) is 0 Å². The molecule has 2 unspecified atom stereocenters. The van der Waals surface area contributed by atoms with Crippen molar-refractivity contribution in [3.63, 3.8) is 0 Å². The fourth-order valence-corrected chi connectivity index (χ4v) is 1.89. The van der Waals surface area contributed by atoms with E-state index < -0.39 is 0 Å². The lowest BCUT2D eigenvalue weighted by Gasteiger charge is -2.32. The number of aliphatic hydroxyl groups excluding tert-OH is 2. The van der Waals surface area contributed by atoms with Crippen LogP contribution >= 0.6 is 0 Å². The average Bonchev–Trinajstić information content (AvgIpc) is 2.05. The minimum atomic E-state index is -0.308. The third-order valence-electron chi connectivity index (χ3n) is 2.63. The van der Waals surface area contributed by atoms with E-state index in [1.807, 2.05) is 0 Å². The van der Waals surface area contributed by atoms with Gasteiger partial charge < -0.3 is 15.1 Å². The maximum absolute atomic E-state index is 9.61. The summed E-state index contributed by atoms with van der Waals surface area (Å²) in [7, 11) is 2.08. The zero-order chi connectivity index (χ0) is 8.97. The highest BCUT2D eigenvalue weighted by Gasteiger charge is 2.23. The van der Waals surface area contributed by atoms with Crippen molar-refractivity contribution >= 4 is 0 Å². The molecular formula is C9H19NO2. The van der Waals surface area contributed by atoms with Crippen LogP contribution in [0.2, 0.25) is 0 Å². The number of piperidine rings is 1. The van der Waals surface area contributed by atoms with Gasteiger partial charge in [-0.25, -0.2) is 0 Å². The zero-order valence-corrected chi connectivity index (χ0v) is 7.74. The highest BCUT2D eigenvalue weighted by molar-refractivity contribution is 4.76. The summed E-state index contributed by atoms with van der Waals surface area (Å²) in [5, 5.41) is 18.3. The summed E-state index contributed by atoms with van der Waals surface area (Å²) in [5.74, 6) is 0.371. The smallest absolute Gasteiger partial charge is 0.0602 e. The van der Waals surface area contributed by atoms with Crippen molar-refractivity contribution < 1.29 is 10.2 Å². The Balaban J connectivity index is 2.29. The molecule has 0 amide bonds. The Morgan fingerprint density at radius 2 is 2.33 bits per heavy atom. The van der Waals surface area contributed by atoms with Crippen LogP contribution in [0.15, 0.2) is 0 Å². The Hall–Kier alpha value is -0.120. The molecule has 0 aromatic heterocycles. The largest absolute Gasteiger partial charge is 0.396 e. The quantitative estimate of drug-likeness (QED) is 0.635. The molecule has 72 valence electrons. The van der Waals surface area contributed by atoms with Gasteiger partial charge in [0.1, 0.15) is 0 Å². The van der Waals surface area contributed by atoms with Crippen LogP contribution < -0.4 is 0 Å². The SMILES string of the molecule is CN1CCCC(C(O)CCO)C1. The van der Waals surface area contributed by atoms with Gasteiger partial charge in [-0.05, 0) is 38.8 Å². The predicted octanol–water partition coefficient (Wildman–Crippen LogP) is 0.0715. The highest BCUT2D eigenvalue weighted by atomic mass is 16.3. The zero-order valence-electron chi connectivity index (χ0n) is 7.74. The molecule has 12 heavy (non-hydrogen) atoms. The van der Waals surface area contributed by atoms with Gasteiger partial charge in [-0.15, -0.1) is 0 Å². The number of nitrogens with zero attached hydrogens (tertiary/aromatic N) is 1. The van der Waals surface area contributed by atoms with Crippen molar-refractivity contribution in [1.29, 1.82) is 0 Å². The summed E-state index contributed by atoms with van der Waals surface area (Å²) in [5.41, 5.74) is 0. The fraction of sp³-hybridized carbons (Fsp3) is 1.00. The van der Waals surface area contributed by atoms with Crippen molar-refractivity contribution in [2.24, 2.45) is 5.92 Å². The van der Waals surface area contributed by atoms with Gasteiger partial charge in [-0.3, -0.25) is 0 Å². The molecular weight excluding hydrogens is 154 g/mol. The van der Waals surface area contributed by atoms with Crippen LogP contribution in [0.25, 0.3) is 0 Å². The van der Waals surface area contributed by atoms with Gasteiger partial charge in [0, 0.05) is 13.2 Å². The number of rotatable bonds is 3. The Labute approximate surface area is 74.0 Å². The molecule has 2 N–H and O–H groups in total. The number of likely N-dealkylation sites (tertiary alicyclic amines) is 1. The van der Waals surface area contributed by atoms with Crippen LogP contribution in [0.3, 0.4) is 0 Å². The van der Waals surface area contributed by atoms with Crippen LogP contribution in [-0.2, 0) is 0 Å². The average molecular weight is 173 g/mol. The Bertz CT molecular complexity index is 130. The normalized spacial score (nSPS) is 28.8. The van der Waals surface area contributed by atoms with Gasteiger partial charge in [0.05, 0.1) is 6.10 Å². The van der Waals surface area contributed by atoms with E-state index in [2.05, 4.69) is 11.9 Å². The van der Waals surface area contributed by atoms with Gasteiger partial charge in [0.15, 0.2) is 0 Å². The third kappa shape index (κ3) is 2.73. The van der Waals surface area contributed by atoms with Crippen LogP contribution in [0.4, 0.5) is 0 Å².